The molecule has 1 aliphatic rings. The number of piperidine rings is 1. The normalized spacial score (nSPS) is 18.9. The summed E-state index contributed by atoms with van der Waals surface area (Å²) in [6.07, 6.45) is 3.38. The van der Waals surface area contributed by atoms with Crippen LogP contribution >= 0.6 is 0 Å². The molecule has 1 aliphatic heterocycles. The summed E-state index contributed by atoms with van der Waals surface area (Å²) in [6.45, 7) is 1.69. The minimum absolute atomic E-state index is 0.0726. The maximum Gasteiger partial charge on any atom is 0.323 e. The average Bonchev–Trinajstić information content (AvgIpc) is 2.35. The molecule has 1 heterocycles. The second kappa shape index (κ2) is 6.48. The lowest BCUT2D eigenvalue weighted by Crippen LogP contribution is -2.45. The lowest BCUT2D eigenvalue weighted by molar-refractivity contribution is -0.154. The first-order valence-corrected chi connectivity index (χ1v) is 5.57. The van der Waals surface area contributed by atoms with E-state index in [1.54, 1.807) is 0 Å². The first-order valence-electron chi connectivity index (χ1n) is 5.57. The van der Waals surface area contributed by atoms with E-state index in [0.29, 0.717) is 0 Å². The second-order valence-corrected chi connectivity index (χ2v) is 3.92. The molecule has 0 N–H and O–H groups in total. The molecule has 0 spiro atoms. The first kappa shape index (κ1) is 13.0. The van der Waals surface area contributed by atoms with E-state index in [9.17, 15) is 9.59 Å². The highest BCUT2D eigenvalue weighted by Gasteiger charge is 2.30. The molecule has 0 aliphatic carbocycles. The zero-order valence-electron chi connectivity index (χ0n) is 9.90. The molecule has 0 aromatic heterocycles. The van der Waals surface area contributed by atoms with Gasteiger partial charge in [-0.25, -0.2) is 0 Å². The monoisotopic (exact) mass is 229 g/mol. The maximum atomic E-state index is 11.6. The van der Waals surface area contributed by atoms with E-state index in [2.05, 4.69) is 4.74 Å². The van der Waals surface area contributed by atoms with Gasteiger partial charge in [-0.1, -0.05) is 6.42 Å². The van der Waals surface area contributed by atoms with Crippen molar-refractivity contribution in [2.45, 2.75) is 31.7 Å². The number of nitrogens with zero attached hydrogens (tertiary/aromatic N) is 1. The maximum absolute atomic E-state index is 11.6. The van der Waals surface area contributed by atoms with Crippen LogP contribution in [0, 0.1) is 0 Å². The van der Waals surface area contributed by atoms with E-state index in [1.165, 1.54) is 20.6 Å². The van der Waals surface area contributed by atoms with Crippen molar-refractivity contribution in [1.29, 1.82) is 0 Å². The zero-order chi connectivity index (χ0) is 12.0. The van der Waals surface area contributed by atoms with Crippen molar-refractivity contribution in [1.82, 2.24) is 4.90 Å². The fourth-order valence-electron chi connectivity index (χ4n) is 1.97. The molecular formula is C11H19NO4. The molecule has 16 heavy (non-hydrogen) atoms. The van der Waals surface area contributed by atoms with Crippen LogP contribution in [0.15, 0.2) is 0 Å². The molecule has 1 saturated heterocycles. The standard InChI is InChI=1S/C11H19NO4/c1-15-10(13)8-9(11(14)16-2)12-6-4-3-5-7-12/h9H,3-8H2,1-2H3. The summed E-state index contributed by atoms with van der Waals surface area (Å²) in [5.74, 6) is -0.728. The van der Waals surface area contributed by atoms with Crippen LogP contribution in [-0.4, -0.2) is 50.2 Å². The van der Waals surface area contributed by atoms with Gasteiger partial charge >= 0.3 is 11.9 Å². The highest BCUT2D eigenvalue weighted by Crippen LogP contribution is 2.15. The van der Waals surface area contributed by atoms with Crippen LogP contribution in [0.3, 0.4) is 0 Å². The number of carbonyl (C=O) groups is 2. The third kappa shape index (κ3) is 3.48. The molecule has 1 fully saturated rings. The number of carbonyl (C=O) groups excluding carboxylic acids is 2. The number of methoxy groups -OCH3 is 2. The molecular weight excluding hydrogens is 210 g/mol. The van der Waals surface area contributed by atoms with Crippen molar-refractivity contribution < 1.29 is 19.1 Å². The number of ether oxygens (including phenoxy) is 2. The number of esters is 2. The Morgan fingerprint density at radius 3 is 2.25 bits per heavy atom. The van der Waals surface area contributed by atoms with E-state index < -0.39 is 6.04 Å². The Balaban J connectivity index is 2.61. The van der Waals surface area contributed by atoms with E-state index in [-0.39, 0.29) is 18.4 Å². The van der Waals surface area contributed by atoms with Crippen molar-refractivity contribution in [3.63, 3.8) is 0 Å². The molecule has 0 saturated carbocycles. The molecule has 0 bridgehead atoms. The molecule has 1 atom stereocenters. The van der Waals surface area contributed by atoms with Gasteiger partial charge in [0.25, 0.3) is 0 Å². The van der Waals surface area contributed by atoms with Gasteiger partial charge in [0.1, 0.15) is 6.04 Å². The predicted octanol–water partition coefficient (Wildman–Crippen LogP) is 0.577. The van der Waals surface area contributed by atoms with Gasteiger partial charge in [-0.3, -0.25) is 14.5 Å². The summed E-state index contributed by atoms with van der Waals surface area (Å²) in [5, 5.41) is 0. The molecule has 1 unspecified atom stereocenters. The van der Waals surface area contributed by atoms with Crippen LogP contribution in [0.4, 0.5) is 0 Å². The molecule has 0 aromatic carbocycles. The van der Waals surface area contributed by atoms with Gasteiger partial charge in [-0.15, -0.1) is 0 Å². The lowest BCUT2D eigenvalue weighted by Gasteiger charge is -2.32. The summed E-state index contributed by atoms with van der Waals surface area (Å²) in [6, 6.07) is -0.488. The van der Waals surface area contributed by atoms with Crippen LogP contribution in [0.1, 0.15) is 25.7 Å². The van der Waals surface area contributed by atoms with Gasteiger partial charge in [0.2, 0.25) is 0 Å². The Morgan fingerprint density at radius 1 is 1.12 bits per heavy atom. The Kier molecular flexibility index (Phi) is 5.25. The third-order valence-electron chi connectivity index (χ3n) is 2.89. The minimum atomic E-state index is -0.488. The Hall–Kier alpha value is -1.10. The Bertz CT molecular complexity index is 248. The molecule has 92 valence electrons. The van der Waals surface area contributed by atoms with Crippen LogP contribution < -0.4 is 0 Å². The minimum Gasteiger partial charge on any atom is -0.469 e. The van der Waals surface area contributed by atoms with Crippen LogP contribution in [0.25, 0.3) is 0 Å². The summed E-state index contributed by atoms with van der Waals surface area (Å²) >= 11 is 0. The van der Waals surface area contributed by atoms with E-state index in [1.807, 2.05) is 4.90 Å². The lowest BCUT2D eigenvalue weighted by atomic mass is 10.1. The van der Waals surface area contributed by atoms with Crippen molar-refractivity contribution in [3.05, 3.63) is 0 Å². The zero-order valence-corrected chi connectivity index (χ0v) is 9.90. The van der Waals surface area contributed by atoms with Crippen molar-refractivity contribution in [2.75, 3.05) is 27.3 Å². The van der Waals surface area contributed by atoms with Gasteiger partial charge in [-0.05, 0) is 25.9 Å². The summed E-state index contributed by atoms with van der Waals surface area (Å²) in [4.78, 5) is 24.8. The average molecular weight is 229 g/mol. The number of rotatable bonds is 4. The second-order valence-electron chi connectivity index (χ2n) is 3.92. The largest absolute Gasteiger partial charge is 0.469 e. The molecule has 0 radical (unpaired) electrons. The molecule has 0 aromatic rings. The van der Waals surface area contributed by atoms with Crippen LogP contribution in [0.5, 0.6) is 0 Å². The highest BCUT2D eigenvalue weighted by atomic mass is 16.5. The van der Waals surface area contributed by atoms with Crippen LogP contribution in [0.2, 0.25) is 0 Å². The summed E-state index contributed by atoms with van der Waals surface area (Å²) in [7, 11) is 2.67. The molecule has 5 heteroatoms. The first-order chi connectivity index (χ1) is 7.69. The molecule has 0 amide bonds. The quantitative estimate of drug-likeness (QED) is 0.660. The van der Waals surface area contributed by atoms with Crippen molar-refractivity contribution in [3.8, 4) is 0 Å². The fourth-order valence-corrected chi connectivity index (χ4v) is 1.97. The van der Waals surface area contributed by atoms with Gasteiger partial charge in [0.15, 0.2) is 0 Å². The predicted molar refractivity (Wildman–Crippen MR) is 57.9 cm³/mol. The topological polar surface area (TPSA) is 55.8 Å². The molecule has 5 nitrogen and oxygen atoms in total. The number of likely N-dealkylation sites (tertiary alicyclic amines) is 1. The SMILES string of the molecule is COC(=O)CC(C(=O)OC)N1CCCCC1. The third-order valence-corrected chi connectivity index (χ3v) is 2.89. The van der Waals surface area contributed by atoms with Gasteiger partial charge in [0, 0.05) is 0 Å². The Labute approximate surface area is 95.7 Å². The van der Waals surface area contributed by atoms with Crippen molar-refractivity contribution in [2.24, 2.45) is 0 Å². The number of hydrogen-bond acceptors (Lipinski definition) is 5. The van der Waals surface area contributed by atoms with Gasteiger partial charge < -0.3 is 9.47 Å². The van der Waals surface area contributed by atoms with Crippen molar-refractivity contribution >= 4 is 11.9 Å². The van der Waals surface area contributed by atoms with E-state index in [4.69, 9.17) is 4.74 Å². The summed E-state index contributed by atoms with van der Waals surface area (Å²) in [5.41, 5.74) is 0. The molecule has 1 rings (SSSR count). The Morgan fingerprint density at radius 2 is 1.75 bits per heavy atom. The van der Waals surface area contributed by atoms with Gasteiger partial charge in [-0.2, -0.15) is 0 Å². The van der Waals surface area contributed by atoms with Crippen LogP contribution in [-0.2, 0) is 19.1 Å². The fraction of sp³-hybridized carbons (Fsp3) is 0.818. The van der Waals surface area contributed by atoms with Gasteiger partial charge in [0.05, 0.1) is 20.6 Å². The summed E-state index contributed by atoms with van der Waals surface area (Å²) < 4.78 is 9.32. The number of hydrogen-bond donors (Lipinski definition) is 0. The van der Waals surface area contributed by atoms with E-state index >= 15 is 0 Å². The van der Waals surface area contributed by atoms with E-state index in [0.717, 1.165) is 25.9 Å². The smallest absolute Gasteiger partial charge is 0.323 e. The highest BCUT2D eigenvalue weighted by molar-refractivity contribution is 5.82.